The highest BCUT2D eigenvalue weighted by molar-refractivity contribution is 7.13. The summed E-state index contributed by atoms with van der Waals surface area (Å²) >= 11 is 1.15. The van der Waals surface area contributed by atoms with E-state index in [0.717, 1.165) is 16.2 Å². The molecule has 0 spiro atoms. The van der Waals surface area contributed by atoms with Crippen LogP contribution in [0.1, 0.15) is 14.5 Å². The van der Waals surface area contributed by atoms with Gasteiger partial charge in [0.05, 0.1) is 6.54 Å². The van der Waals surface area contributed by atoms with Gasteiger partial charge in [-0.05, 0) is 24.3 Å². The molecule has 6 nitrogen and oxygen atoms in total. The van der Waals surface area contributed by atoms with Crippen LogP contribution in [-0.4, -0.2) is 25.3 Å². The lowest BCUT2D eigenvalue weighted by molar-refractivity contribution is 0.0702. The minimum absolute atomic E-state index is 0.235. The van der Waals surface area contributed by atoms with Crippen LogP contribution in [-0.2, 0) is 6.54 Å². The molecule has 96 valence electrons. The largest absolute Gasteiger partial charge is 0.477 e. The number of aromatic nitrogens is 3. The third-order valence-corrected chi connectivity index (χ3v) is 3.72. The molecule has 1 N–H and O–H groups in total. The Morgan fingerprint density at radius 2 is 2.16 bits per heavy atom. The number of rotatable bonds is 3. The Labute approximate surface area is 111 Å². The van der Waals surface area contributed by atoms with E-state index in [0.29, 0.717) is 5.65 Å². The maximum atomic E-state index is 12.0. The van der Waals surface area contributed by atoms with Gasteiger partial charge in [0.15, 0.2) is 5.65 Å². The summed E-state index contributed by atoms with van der Waals surface area (Å²) in [6.45, 7) is 0.276. The molecule has 7 heteroatoms. The van der Waals surface area contributed by atoms with E-state index in [1.807, 2.05) is 0 Å². The van der Waals surface area contributed by atoms with Crippen molar-refractivity contribution in [3.05, 3.63) is 56.8 Å². The van der Waals surface area contributed by atoms with Crippen molar-refractivity contribution in [3.63, 3.8) is 0 Å². The van der Waals surface area contributed by atoms with E-state index in [-0.39, 0.29) is 17.1 Å². The van der Waals surface area contributed by atoms with E-state index < -0.39 is 5.97 Å². The van der Waals surface area contributed by atoms with Crippen molar-refractivity contribution in [1.82, 2.24) is 14.2 Å². The second-order valence-corrected chi connectivity index (χ2v) is 5.11. The average Bonchev–Trinajstić information content (AvgIpc) is 2.97. The molecule has 0 saturated heterocycles. The molecule has 3 aromatic rings. The zero-order valence-corrected chi connectivity index (χ0v) is 10.5. The Morgan fingerprint density at radius 3 is 2.84 bits per heavy atom. The zero-order chi connectivity index (χ0) is 13.4. The molecular weight excluding hydrogens is 266 g/mol. The normalized spacial score (nSPS) is 10.9. The molecule has 0 aliphatic rings. The van der Waals surface area contributed by atoms with Gasteiger partial charge in [0, 0.05) is 11.1 Å². The fraction of sp³-hybridized carbons (Fsp3) is 0.0833. The van der Waals surface area contributed by atoms with Crippen molar-refractivity contribution < 1.29 is 9.90 Å². The Morgan fingerprint density at radius 1 is 1.32 bits per heavy atom. The molecule has 0 saturated carbocycles. The Kier molecular flexibility index (Phi) is 2.68. The quantitative estimate of drug-likeness (QED) is 0.781. The van der Waals surface area contributed by atoms with Gasteiger partial charge in [0.2, 0.25) is 0 Å². The van der Waals surface area contributed by atoms with Gasteiger partial charge in [-0.3, -0.25) is 4.40 Å². The van der Waals surface area contributed by atoms with Crippen LogP contribution in [0.5, 0.6) is 0 Å². The van der Waals surface area contributed by atoms with Crippen LogP contribution in [0.4, 0.5) is 0 Å². The molecule has 0 aliphatic heterocycles. The summed E-state index contributed by atoms with van der Waals surface area (Å²) in [6.07, 6.45) is 1.65. The number of carboxylic acid groups (broad SMARTS) is 1. The first kappa shape index (κ1) is 11.7. The predicted octanol–water partition coefficient (Wildman–Crippen LogP) is 1.30. The monoisotopic (exact) mass is 275 g/mol. The van der Waals surface area contributed by atoms with Gasteiger partial charge in [-0.15, -0.1) is 16.4 Å². The predicted molar refractivity (Wildman–Crippen MR) is 69.8 cm³/mol. The van der Waals surface area contributed by atoms with Crippen molar-refractivity contribution in [1.29, 1.82) is 0 Å². The fourth-order valence-corrected chi connectivity index (χ4v) is 2.63. The molecule has 3 rings (SSSR count). The Hall–Kier alpha value is -2.41. The van der Waals surface area contributed by atoms with Gasteiger partial charge in [-0.2, -0.15) is 0 Å². The van der Waals surface area contributed by atoms with Gasteiger partial charge >= 0.3 is 11.7 Å². The number of fused-ring (bicyclic) bond motifs is 1. The van der Waals surface area contributed by atoms with Crippen LogP contribution in [0.3, 0.4) is 0 Å². The summed E-state index contributed by atoms with van der Waals surface area (Å²) in [6, 6.07) is 8.54. The first-order valence-corrected chi connectivity index (χ1v) is 6.33. The molecular formula is C12H9N3O3S. The van der Waals surface area contributed by atoms with E-state index in [1.165, 1.54) is 15.1 Å². The lowest BCUT2D eigenvalue weighted by Crippen LogP contribution is -2.21. The standard InChI is InChI=1S/C12H9N3O3S/c16-11(17)9-5-4-8(19-9)7-15-12(18)14-6-2-1-3-10(14)13-15/h1-6H,7H2,(H,16,17). The van der Waals surface area contributed by atoms with Crippen molar-refractivity contribution in [2.75, 3.05) is 0 Å². The zero-order valence-electron chi connectivity index (χ0n) is 9.68. The van der Waals surface area contributed by atoms with Crippen molar-refractivity contribution in [3.8, 4) is 0 Å². The highest BCUT2D eigenvalue weighted by atomic mass is 32.1. The number of carboxylic acids is 1. The lowest BCUT2D eigenvalue weighted by Gasteiger charge is -1.94. The lowest BCUT2D eigenvalue weighted by atomic mass is 10.4. The number of nitrogens with zero attached hydrogens (tertiary/aromatic N) is 3. The van der Waals surface area contributed by atoms with Gasteiger partial charge < -0.3 is 5.11 Å². The van der Waals surface area contributed by atoms with Crippen LogP contribution in [0, 0.1) is 0 Å². The maximum Gasteiger partial charge on any atom is 0.350 e. The summed E-state index contributed by atoms with van der Waals surface area (Å²) in [5, 5.41) is 13.0. The first-order chi connectivity index (χ1) is 9.15. The third-order valence-electron chi connectivity index (χ3n) is 2.67. The van der Waals surface area contributed by atoms with Crippen LogP contribution < -0.4 is 5.69 Å². The molecule has 0 radical (unpaired) electrons. The maximum absolute atomic E-state index is 12.0. The topological polar surface area (TPSA) is 76.6 Å². The summed E-state index contributed by atoms with van der Waals surface area (Å²) in [7, 11) is 0. The summed E-state index contributed by atoms with van der Waals surface area (Å²) in [4.78, 5) is 23.9. The van der Waals surface area contributed by atoms with Gasteiger partial charge in [0.1, 0.15) is 4.88 Å². The third kappa shape index (κ3) is 2.04. The van der Waals surface area contributed by atoms with Gasteiger partial charge in [-0.1, -0.05) is 6.07 Å². The number of thiophene rings is 1. The fourth-order valence-electron chi connectivity index (χ4n) is 1.80. The minimum atomic E-state index is -0.960. The van der Waals surface area contributed by atoms with Crippen LogP contribution in [0.25, 0.3) is 5.65 Å². The summed E-state index contributed by atoms with van der Waals surface area (Å²) < 4.78 is 2.78. The molecule has 0 aromatic carbocycles. The molecule has 3 aromatic heterocycles. The van der Waals surface area contributed by atoms with Crippen molar-refractivity contribution in [2.45, 2.75) is 6.54 Å². The Bertz CT molecular complexity index is 815. The molecule has 0 bridgehead atoms. The van der Waals surface area contributed by atoms with E-state index >= 15 is 0 Å². The molecule has 0 fully saturated rings. The minimum Gasteiger partial charge on any atom is -0.477 e. The Balaban J connectivity index is 1.98. The molecule has 0 amide bonds. The highest BCUT2D eigenvalue weighted by Crippen LogP contribution is 2.16. The number of hydrogen-bond donors (Lipinski definition) is 1. The van der Waals surface area contributed by atoms with Crippen LogP contribution >= 0.6 is 11.3 Å². The van der Waals surface area contributed by atoms with E-state index in [4.69, 9.17) is 5.11 Å². The van der Waals surface area contributed by atoms with Gasteiger partial charge in [-0.25, -0.2) is 14.3 Å². The molecule has 19 heavy (non-hydrogen) atoms. The van der Waals surface area contributed by atoms with E-state index in [2.05, 4.69) is 5.10 Å². The summed E-state index contributed by atoms with van der Waals surface area (Å²) in [5.41, 5.74) is 0.336. The highest BCUT2D eigenvalue weighted by Gasteiger charge is 2.10. The van der Waals surface area contributed by atoms with E-state index in [1.54, 1.807) is 30.5 Å². The van der Waals surface area contributed by atoms with Crippen LogP contribution in [0.15, 0.2) is 41.3 Å². The number of carbonyl (C=O) groups is 1. The van der Waals surface area contributed by atoms with Crippen molar-refractivity contribution >= 4 is 23.0 Å². The second-order valence-electron chi connectivity index (χ2n) is 3.94. The molecule has 0 atom stereocenters. The smallest absolute Gasteiger partial charge is 0.350 e. The SMILES string of the molecule is O=C(O)c1ccc(Cn2nc3ccccn3c2=O)s1. The van der Waals surface area contributed by atoms with Crippen LogP contribution in [0.2, 0.25) is 0 Å². The number of hydrogen-bond acceptors (Lipinski definition) is 4. The second kappa shape index (κ2) is 4.36. The number of aromatic carboxylic acids is 1. The first-order valence-electron chi connectivity index (χ1n) is 5.51. The average molecular weight is 275 g/mol. The number of pyridine rings is 1. The van der Waals surface area contributed by atoms with Gasteiger partial charge in [0.25, 0.3) is 0 Å². The van der Waals surface area contributed by atoms with Crippen molar-refractivity contribution in [2.24, 2.45) is 0 Å². The molecule has 3 heterocycles. The molecule has 0 aliphatic carbocycles. The van der Waals surface area contributed by atoms with E-state index in [9.17, 15) is 9.59 Å². The summed E-state index contributed by atoms with van der Waals surface area (Å²) in [5.74, 6) is -0.960. The molecule has 0 unspecified atom stereocenters.